The number of nitriles is 2. The number of nitrogens with two attached hydrogens (primary N) is 2. The van der Waals surface area contributed by atoms with Crippen LogP contribution in [0, 0.1) is 28.6 Å². The summed E-state index contributed by atoms with van der Waals surface area (Å²) in [6.45, 7) is 0. The van der Waals surface area contributed by atoms with Crippen molar-refractivity contribution in [3.63, 3.8) is 0 Å². The summed E-state index contributed by atoms with van der Waals surface area (Å²) >= 11 is 0. The molecule has 2 heterocycles. The normalized spacial score (nSPS) is 14.5. The molecule has 0 saturated carbocycles. The lowest BCUT2D eigenvalue weighted by Crippen LogP contribution is -2.32. The first-order valence-electron chi connectivity index (χ1n) is 8.87. The highest BCUT2D eigenvalue weighted by molar-refractivity contribution is 5.98. The van der Waals surface area contributed by atoms with Gasteiger partial charge in [-0.25, -0.2) is 14.4 Å². The number of aromatic nitrogens is 1. The zero-order valence-corrected chi connectivity index (χ0v) is 15.5. The van der Waals surface area contributed by atoms with Crippen molar-refractivity contribution in [1.82, 2.24) is 10.3 Å². The fourth-order valence-corrected chi connectivity index (χ4v) is 3.38. The molecular weight excluding hydrogens is 383 g/mol. The van der Waals surface area contributed by atoms with Crippen LogP contribution < -0.4 is 22.1 Å². The van der Waals surface area contributed by atoms with E-state index in [-0.39, 0.29) is 28.8 Å². The Morgan fingerprint density at radius 1 is 1.10 bits per heavy atom. The number of hydrogen-bond donors (Lipinski definition) is 4. The second kappa shape index (κ2) is 7.41. The molecule has 4 rings (SSSR count). The molecule has 0 radical (unpaired) electrons. The van der Waals surface area contributed by atoms with Crippen LogP contribution >= 0.6 is 0 Å². The molecule has 1 aliphatic heterocycles. The molecule has 146 valence electrons. The second-order valence-corrected chi connectivity index (χ2v) is 6.51. The monoisotopic (exact) mass is 398 g/mol. The molecule has 6 N–H and O–H groups in total. The molecular formula is C21H15FN8. The first-order valence-corrected chi connectivity index (χ1v) is 8.87. The molecule has 9 heteroatoms. The van der Waals surface area contributed by atoms with E-state index in [1.54, 1.807) is 18.3 Å². The maximum absolute atomic E-state index is 15.0. The molecule has 30 heavy (non-hydrogen) atoms. The Balaban J connectivity index is 1.87. The van der Waals surface area contributed by atoms with Crippen molar-refractivity contribution < 1.29 is 4.39 Å². The second-order valence-electron chi connectivity index (χ2n) is 6.51. The number of rotatable bonds is 2. The number of guanidine groups is 1. The molecule has 1 aliphatic rings. The van der Waals surface area contributed by atoms with E-state index in [4.69, 9.17) is 16.7 Å². The number of nitrogens with one attached hydrogen (secondary N) is 2. The maximum Gasteiger partial charge on any atom is 0.211 e. The van der Waals surface area contributed by atoms with Crippen LogP contribution in [0.1, 0.15) is 22.7 Å². The summed E-state index contributed by atoms with van der Waals surface area (Å²) < 4.78 is 15.0. The Hall–Kier alpha value is -4.63. The number of aliphatic imine (C=N–C) groups is 1. The van der Waals surface area contributed by atoms with E-state index in [1.807, 2.05) is 36.4 Å². The van der Waals surface area contributed by atoms with Gasteiger partial charge in [0.2, 0.25) is 5.96 Å². The molecule has 0 aliphatic carbocycles. The van der Waals surface area contributed by atoms with Crippen LogP contribution in [0.5, 0.6) is 0 Å². The minimum atomic E-state index is -0.795. The van der Waals surface area contributed by atoms with Gasteiger partial charge in [-0.15, -0.1) is 0 Å². The average molecular weight is 398 g/mol. The lowest BCUT2D eigenvalue weighted by atomic mass is 9.93. The largest absolute Gasteiger partial charge is 0.397 e. The van der Waals surface area contributed by atoms with Crippen LogP contribution in [0.25, 0.3) is 11.1 Å². The van der Waals surface area contributed by atoms with Crippen molar-refractivity contribution >= 4 is 23.3 Å². The average Bonchev–Trinajstić information content (AvgIpc) is 2.74. The van der Waals surface area contributed by atoms with Crippen LogP contribution in [0.15, 0.2) is 53.5 Å². The molecule has 1 aromatic heterocycles. The number of nitrogen functional groups attached to an aromatic ring is 2. The molecule has 2 aromatic carbocycles. The van der Waals surface area contributed by atoms with Crippen LogP contribution in [-0.2, 0) is 0 Å². The van der Waals surface area contributed by atoms with Crippen molar-refractivity contribution in [3.05, 3.63) is 71.0 Å². The number of pyridine rings is 1. The smallest absolute Gasteiger partial charge is 0.211 e. The Morgan fingerprint density at radius 3 is 2.53 bits per heavy atom. The van der Waals surface area contributed by atoms with Crippen molar-refractivity contribution in [2.24, 2.45) is 4.99 Å². The molecule has 0 fully saturated rings. The summed E-state index contributed by atoms with van der Waals surface area (Å²) in [5.74, 6) is -0.136. The van der Waals surface area contributed by atoms with Crippen molar-refractivity contribution in [1.29, 1.82) is 10.5 Å². The molecule has 1 unspecified atom stereocenters. The van der Waals surface area contributed by atoms with Crippen LogP contribution in [0.3, 0.4) is 0 Å². The number of nitrogens with zero attached hydrogens (tertiary/aromatic N) is 4. The van der Waals surface area contributed by atoms with Crippen molar-refractivity contribution in [2.75, 3.05) is 16.8 Å². The molecule has 0 saturated heterocycles. The third-order valence-electron chi connectivity index (χ3n) is 4.75. The summed E-state index contributed by atoms with van der Waals surface area (Å²) in [5.41, 5.74) is 14.2. The molecule has 8 nitrogen and oxygen atoms in total. The first-order chi connectivity index (χ1) is 14.5. The Bertz CT molecular complexity index is 1250. The number of fused-ring (bicyclic) bond motifs is 1. The van der Waals surface area contributed by atoms with E-state index in [0.29, 0.717) is 16.7 Å². The predicted molar refractivity (Wildman–Crippen MR) is 111 cm³/mol. The topological polar surface area (TPSA) is 149 Å². The highest BCUT2D eigenvalue weighted by atomic mass is 19.1. The zero-order chi connectivity index (χ0) is 21.3. The van der Waals surface area contributed by atoms with Gasteiger partial charge in [-0.3, -0.25) is 5.32 Å². The minimum absolute atomic E-state index is 0.0221. The van der Waals surface area contributed by atoms with E-state index >= 15 is 0 Å². The highest BCUT2D eigenvalue weighted by Crippen LogP contribution is 2.41. The number of benzene rings is 2. The van der Waals surface area contributed by atoms with Crippen LogP contribution in [0.4, 0.5) is 21.7 Å². The van der Waals surface area contributed by atoms with Crippen LogP contribution in [0.2, 0.25) is 0 Å². The van der Waals surface area contributed by atoms with Gasteiger partial charge < -0.3 is 16.8 Å². The van der Waals surface area contributed by atoms with E-state index < -0.39 is 11.9 Å². The summed E-state index contributed by atoms with van der Waals surface area (Å²) in [4.78, 5) is 8.61. The first kappa shape index (κ1) is 18.7. The molecule has 0 amide bonds. The van der Waals surface area contributed by atoms with Gasteiger partial charge in [0.1, 0.15) is 35.1 Å². The fourth-order valence-electron chi connectivity index (χ4n) is 3.38. The number of hydrogen-bond acceptors (Lipinski definition) is 8. The fraction of sp³-hybridized carbons (Fsp3) is 0.0476. The zero-order valence-electron chi connectivity index (χ0n) is 15.5. The van der Waals surface area contributed by atoms with E-state index in [2.05, 4.69) is 20.6 Å². The van der Waals surface area contributed by atoms with Gasteiger partial charge in [0, 0.05) is 11.1 Å². The lowest BCUT2D eigenvalue weighted by Gasteiger charge is -2.26. The minimum Gasteiger partial charge on any atom is -0.397 e. The number of halogens is 1. The third-order valence-corrected chi connectivity index (χ3v) is 4.75. The van der Waals surface area contributed by atoms with E-state index in [1.165, 1.54) is 6.07 Å². The molecule has 0 spiro atoms. The Morgan fingerprint density at radius 2 is 1.87 bits per heavy atom. The summed E-state index contributed by atoms with van der Waals surface area (Å²) in [7, 11) is 0. The standard InChI is InChI=1S/C21H15FN8/c22-15-8-12(6-7-13(15)11-4-2-1-3-5-11)18-16-17(25)14(9-23)19(26)29-20(16)30-21(28-18)27-10-24/h1-8,18H,(H6,25,26,27,28,29,30). The van der Waals surface area contributed by atoms with Gasteiger partial charge in [-0.05, 0) is 17.2 Å². The van der Waals surface area contributed by atoms with Gasteiger partial charge in [0.15, 0.2) is 6.19 Å². The lowest BCUT2D eigenvalue weighted by molar-refractivity contribution is 0.627. The summed E-state index contributed by atoms with van der Waals surface area (Å²) in [6, 6.07) is 15.0. The van der Waals surface area contributed by atoms with Gasteiger partial charge in [-0.2, -0.15) is 10.5 Å². The SMILES string of the molecule is N#CNC1=NC(c2ccc(-c3ccccc3)c(F)c2)c2c(nc(N)c(C#N)c2N)N1. The van der Waals surface area contributed by atoms with Gasteiger partial charge >= 0.3 is 0 Å². The predicted octanol–water partition coefficient (Wildman–Crippen LogP) is 2.87. The Kier molecular flexibility index (Phi) is 4.63. The highest BCUT2D eigenvalue weighted by Gasteiger charge is 2.30. The third kappa shape index (κ3) is 3.11. The van der Waals surface area contributed by atoms with Gasteiger partial charge in [0.25, 0.3) is 0 Å². The van der Waals surface area contributed by atoms with Crippen molar-refractivity contribution in [3.8, 4) is 23.4 Å². The van der Waals surface area contributed by atoms with Gasteiger partial charge in [0.05, 0.1) is 5.69 Å². The summed E-state index contributed by atoms with van der Waals surface area (Å²) in [6.07, 6.45) is 1.77. The van der Waals surface area contributed by atoms with Crippen LogP contribution in [-0.4, -0.2) is 10.9 Å². The van der Waals surface area contributed by atoms with E-state index in [9.17, 15) is 9.65 Å². The van der Waals surface area contributed by atoms with Crippen molar-refractivity contribution in [2.45, 2.75) is 6.04 Å². The van der Waals surface area contributed by atoms with Gasteiger partial charge in [-0.1, -0.05) is 42.5 Å². The summed E-state index contributed by atoms with van der Waals surface area (Å²) in [5, 5.41) is 23.6. The maximum atomic E-state index is 15.0. The number of anilines is 3. The molecule has 3 aromatic rings. The van der Waals surface area contributed by atoms with E-state index in [0.717, 1.165) is 5.56 Å². The Labute approximate surface area is 171 Å². The quantitative estimate of drug-likeness (QED) is 0.383. The molecule has 0 bridgehead atoms. The molecule has 1 atom stereocenters.